The van der Waals surface area contributed by atoms with Gasteiger partial charge in [-0.1, -0.05) is 180 Å². The second-order valence-corrected chi connectivity index (χ2v) is 29.7. The minimum atomic E-state index is -4.94. The summed E-state index contributed by atoms with van der Waals surface area (Å²) in [5.41, 5.74) is 11.0. The highest BCUT2D eigenvalue weighted by Gasteiger charge is 2.39. The van der Waals surface area contributed by atoms with Crippen molar-refractivity contribution < 1.29 is 45.1 Å². The van der Waals surface area contributed by atoms with Crippen molar-refractivity contribution >= 4 is 34.8 Å². The Hall–Kier alpha value is -10.7. The Labute approximate surface area is 632 Å². The van der Waals surface area contributed by atoms with E-state index in [-0.39, 0.29) is 45.9 Å². The van der Waals surface area contributed by atoms with Gasteiger partial charge in [-0.05, 0) is 210 Å². The molecule has 3 aromatic heterocycles. The molecule has 0 fully saturated rings. The first kappa shape index (κ1) is 84.6. The zero-order valence-electron chi connectivity index (χ0n) is 64.5. The molecule has 3 heterocycles. The van der Waals surface area contributed by atoms with Crippen molar-refractivity contribution in [3.05, 3.63) is 322 Å². The molecule has 19 heteroatoms. The van der Waals surface area contributed by atoms with E-state index in [2.05, 4.69) is 158 Å². The van der Waals surface area contributed by atoms with Crippen molar-refractivity contribution in [1.29, 1.82) is 0 Å². The van der Waals surface area contributed by atoms with E-state index in [1.54, 1.807) is 43.5 Å². The first-order chi connectivity index (χ1) is 50.9. The Balaban J connectivity index is 0.000000227. The van der Waals surface area contributed by atoms with Gasteiger partial charge in [0.25, 0.3) is 0 Å². The van der Waals surface area contributed by atoms with Crippen LogP contribution in [-0.2, 0) is 26.7 Å². The fourth-order valence-corrected chi connectivity index (χ4v) is 13.5. The summed E-state index contributed by atoms with van der Waals surface area (Å²) in [7, 11) is 0. The summed E-state index contributed by atoms with van der Waals surface area (Å²) < 4.78 is 99.1. The summed E-state index contributed by atoms with van der Waals surface area (Å²) in [4.78, 5) is 49.2. The number of carbonyl (C=O) groups excluding carboxylic acids is 3. The van der Waals surface area contributed by atoms with Crippen LogP contribution in [0.1, 0.15) is 172 Å². The number of benzene rings is 3. The number of anilines is 3. The molecule has 3 aliphatic carbocycles. The van der Waals surface area contributed by atoms with Gasteiger partial charge in [-0.3, -0.25) is 14.4 Å². The lowest BCUT2D eigenvalue weighted by atomic mass is 9.71. The molecule has 3 amide bonds. The van der Waals surface area contributed by atoms with Crippen LogP contribution in [0.3, 0.4) is 0 Å². The van der Waals surface area contributed by atoms with Gasteiger partial charge < -0.3 is 29.7 Å². The number of rotatable bonds is 21. The van der Waals surface area contributed by atoms with Crippen molar-refractivity contribution in [2.24, 2.45) is 16.2 Å². The van der Waals surface area contributed by atoms with Gasteiger partial charge in [0.15, 0.2) is 0 Å². The number of alkyl halides is 6. The average Bonchev–Trinajstić information content (AvgIpc) is 1.20. The molecule has 12 nitrogen and oxygen atoms in total. The van der Waals surface area contributed by atoms with Gasteiger partial charge in [-0.2, -0.15) is 26.3 Å². The minimum Gasteiger partial charge on any atom is -0.330 e. The molecule has 0 saturated heterocycles. The molecule has 108 heavy (non-hydrogen) atoms. The molecule has 3 atom stereocenters. The van der Waals surface area contributed by atoms with Crippen LogP contribution in [0, 0.1) is 22.1 Å². The molecule has 0 bridgehead atoms. The number of amides is 3. The second kappa shape index (κ2) is 38.2. The number of hydrogen-bond donors (Lipinski definition) is 3. The van der Waals surface area contributed by atoms with Crippen LogP contribution in [0.2, 0.25) is 0 Å². The predicted molar refractivity (Wildman–Crippen MR) is 423 cm³/mol. The molecule has 3 unspecified atom stereocenters. The number of hydrogen-bond acceptors (Lipinski definition) is 6. The zero-order valence-corrected chi connectivity index (χ0v) is 64.5. The fraction of sp³-hybridized carbons (Fsp3) is 0.326. The van der Waals surface area contributed by atoms with Crippen LogP contribution in [0.5, 0.6) is 0 Å². The third-order valence-corrected chi connectivity index (χ3v) is 19.6. The zero-order chi connectivity index (χ0) is 79.2. The van der Waals surface area contributed by atoms with Crippen LogP contribution in [-0.4, -0.2) is 46.4 Å². The van der Waals surface area contributed by atoms with Gasteiger partial charge in [0.05, 0.1) is 59.6 Å². The number of nitrogens with zero attached hydrogens (tertiary/aromatic N) is 6. The van der Waals surface area contributed by atoms with Crippen molar-refractivity contribution in [1.82, 2.24) is 28.7 Å². The number of aromatic nitrogens is 6. The summed E-state index contributed by atoms with van der Waals surface area (Å²) in [5, 5.41) is 7.36. The molecule has 3 N–H and O–H groups in total. The number of para-hydroxylation sites is 2. The highest BCUT2D eigenvalue weighted by molar-refractivity contribution is 6.01. The van der Waals surface area contributed by atoms with E-state index in [1.807, 2.05) is 143 Å². The first-order valence-corrected chi connectivity index (χ1v) is 36.1. The molecule has 0 aliphatic heterocycles. The van der Waals surface area contributed by atoms with Crippen LogP contribution < -0.4 is 16.0 Å². The summed E-state index contributed by atoms with van der Waals surface area (Å²) in [6.45, 7) is 31.7. The fourth-order valence-electron chi connectivity index (χ4n) is 13.5. The van der Waals surface area contributed by atoms with Gasteiger partial charge in [0.1, 0.15) is 5.82 Å². The third kappa shape index (κ3) is 25.2. The molecule has 570 valence electrons. The van der Waals surface area contributed by atoms with Crippen molar-refractivity contribution in [3.63, 3.8) is 0 Å². The molecule has 0 radical (unpaired) electrons. The van der Waals surface area contributed by atoms with E-state index in [1.165, 1.54) is 51.6 Å². The van der Waals surface area contributed by atoms with Crippen LogP contribution in [0.4, 0.5) is 47.8 Å². The van der Waals surface area contributed by atoms with Crippen LogP contribution in [0.15, 0.2) is 305 Å². The molecular weight excluding hydrogens is 1380 g/mol. The van der Waals surface area contributed by atoms with Gasteiger partial charge in [0, 0.05) is 61.1 Å². The van der Waals surface area contributed by atoms with Crippen molar-refractivity contribution in [2.45, 2.75) is 173 Å². The summed E-state index contributed by atoms with van der Waals surface area (Å²) >= 11 is 0. The van der Waals surface area contributed by atoms with E-state index < -0.39 is 40.9 Å². The largest absolute Gasteiger partial charge is 0.418 e. The minimum absolute atomic E-state index is 0.00602. The van der Waals surface area contributed by atoms with Gasteiger partial charge in [0.2, 0.25) is 17.7 Å². The lowest BCUT2D eigenvalue weighted by Gasteiger charge is -2.38. The highest BCUT2D eigenvalue weighted by Crippen LogP contribution is 2.48. The summed E-state index contributed by atoms with van der Waals surface area (Å²) in [5.74, 6) is -1.92. The average molecular weight is 1480 g/mol. The lowest BCUT2D eigenvalue weighted by Crippen LogP contribution is -2.25. The third-order valence-electron chi connectivity index (χ3n) is 19.6. The molecule has 0 saturated carbocycles. The number of carbonyl (C=O) groups is 3. The van der Waals surface area contributed by atoms with Gasteiger partial charge in [-0.25, -0.2) is 19.3 Å². The molecular formula is C89H102F7N9O3. The van der Waals surface area contributed by atoms with Crippen LogP contribution >= 0.6 is 0 Å². The van der Waals surface area contributed by atoms with E-state index in [0.717, 1.165) is 78.2 Å². The van der Waals surface area contributed by atoms with Crippen molar-refractivity contribution in [3.8, 4) is 0 Å². The SMILES string of the molecule is CC1=C(/C=C/C(C)=C/C=C/C(C)=C/C(=O)Nc2cc(C(F)(F)F)ccc2C(F)(F)F)C(C)(C)CCC1n1ccnc1.CC1=C(/C=C/C(C)=C/C=C/C(C)=C/C(=O)Nc2ccccc2)C(C)(C)CCC1n1ccnc1.CC1=C(/C=C/C(C)=C/C=C/C(C)=C/C(=O)Nc2ccccc2F)C(C)(C)CCC1n1ccnc1. The molecule has 0 spiro atoms. The standard InChI is InChI=1S/C31H33F6N3O.C29H34FN3O.C29H35N3O/c1-20(9-11-24-22(3)27(13-14-29(24,4)5)40-16-15-38-19-40)7-6-8-21(2)17-28(41)39-26-18-23(30(32,33)34)10-12-25(26)31(35,36)37;1-21(9-8-10-22(2)19-28(34)32-26-12-7-6-11-25(26)30)13-14-24-23(3)27(15-16-29(24,4)5)33-18-17-31-20-33;1-22(10-9-11-23(2)20-28(33)31-25-12-7-6-8-13-25)14-15-26-24(3)27(16-17-29(26,4)5)32-19-18-30-21-32/h6-12,15-19,27H,13-14H2,1-5H3,(H,39,41);6-14,17-20,27H,15-16H2,1-5H3,(H,32,34);6-15,18-21,27H,16-17H2,1-5H3,(H,31,33)/b8-6+,11-9+,20-7+,21-17+;10-8+,14-13+,21-9+,22-19+;11-9+,15-14+,22-10+,23-20+. The van der Waals surface area contributed by atoms with E-state index in [9.17, 15) is 45.1 Å². The molecule has 3 aromatic carbocycles. The smallest absolute Gasteiger partial charge is 0.330 e. The number of allylic oxidation sites excluding steroid dienone is 27. The topological polar surface area (TPSA) is 141 Å². The first-order valence-electron chi connectivity index (χ1n) is 36.1. The number of nitrogens with one attached hydrogen (secondary N) is 3. The van der Waals surface area contributed by atoms with E-state index in [0.29, 0.717) is 29.8 Å². The van der Waals surface area contributed by atoms with Gasteiger partial charge >= 0.3 is 12.4 Å². The Morgan fingerprint density at radius 1 is 0.444 bits per heavy atom. The Morgan fingerprint density at radius 2 is 0.796 bits per heavy atom. The lowest BCUT2D eigenvalue weighted by molar-refractivity contribution is -0.140. The van der Waals surface area contributed by atoms with E-state index in [4.69, 9.17) is 0 Å². The maximum absolute atomic E-state index is 13.7. The second-order valence-electron chi connectivity index (χ2n) is 29.7. The Kier molecular flexibility index (Phi) is 29.9. The highest BCUT2D eigenvalue weighted by atomic mass is 19.4. The summed E-state index contributed by atoms with van der Waals surface area (Å²) in [6, 6.07) is 17.5. The molecule has 3 aliphatic rings. The van der Waals surface area contributed by atoms with E-state index >= 15 is 0 Å². The monoisotopic (exact) mass is 1480 g/mol. The van der Waals surface area contributed by atoms with Crippen LogP contribution in [0.25, 0.3) is 0 Å². The maximum Gasteiger partial charge on any atom is 0.418 e. The predicted octanol–water partition coefficient (Wildman–Crippen LogP) is 23.8. The number of imidazole rings is 3. The molecule has 6 aromatic rings. The van der Waals surface area contributed by atoms with Gasteiger partial charge in [-0.15, -0.1) is 0 Å². The Bertz CT molecular complexity index is 4590. The number of halogens is 7. The Morgan fingerprint density at radius 3 is 1.14 bits per heavy atom. The quantitative estimate of drug-likeness (QED) is 0.0372. The van der Waals surface area contributed by atoms with Crippen molar-refractivity contribution in [2.75, 3.05) is 16.0 Å². The normalized spacial score (nSPS) is 19.2. The maximum atomic E-state index is 13.7. The summed E-state index contributed by atoms with van der Waals surface area (Å²) in [6.07, 6.45) is 47.8. The molecule has 9 rings (SSSR count).